The highest BCUT2D eigenvalue weighted by molar-refractivity contribution is 7.85. The van der Waals surface area contributed by atoms with Crippen molar-refractivity contribution in [2.24, 2.45) is 5.10 Å². The highest BCUT2D eigenvalue weighted by atomic mass is 32.2. The number of rotatable bonds is 2. The second-order valence-electron chi connectivity index (χ2n) is 4.85. The van der Waals surface area contributed by atoms with E-state index >= 15 is 0 Å². The van der Waals surface area contributed by atoms with Gasteiger partial charge in [-0.1, -0.05) is 18.2 Å². The van der Waals surface area contributed by atoms with E-state index in [1.54, 1.807) is 31.2 Å². The number of anilines is 1. The molecule has 6 nitrogen and oxygen atoms in total. The van der Waals surface area contributed by atoms with Crippen LogP contribution in [0, 0.1) is 0 Å². The van der Waals surface area contributed by atoms with Crippen molar-refractivity contribution in [3.63, 3.8) is 0 Å². The van der Waals surface area contributed by atoms with Gasteiger partial charge in [-0.15, -0.1) is 0 Å². The van der Waals surface area contributed by atoms with Gasteiger partial charge in [0.15, 0.2) is 0 Å². The van der Waals surface area contributed by atoms with Crippen molar-refractivity contribution in [1.29, 1.82) is 0 Å². The standard InChI is InChI=1S/C14H12N2O4S/c1-9-7-14(17)16(15-9)13-4-2-3-10-8-11(21(18,19)20)5-6-12(10)13/h2-6,8H,7H2,1H3,(H,18,19,20). The minimum atomic E-state index is -4.25. The van der Waals surface area contributed by atoms with Gasteiger partial charge in [0.2, 0.25) is 0 Å². The molecule has 7 heteroatoms. The average molecular weight is 304 g/mol. The summed E-state index contributed by atoms with van der Waals surface area (Å²) in [5.74, 6) is -0.126. The Morgan fingerprint density at radius 1 is 1.24 bits per heavy atom. The van der Waals surface area contributed by atoms with Gasteiger partial charge in [-0.25, -0.2) is 0 Å². The van der Waals surface area contributed by atoms with Crippen molar-refractivity contribution >= 4 is 38.2 Å². The normalized spacial score (nSPS) is 15.6. The van der Waals surface area contributed by atoms with E-state index in [1.807, 2.05) is 0 Å². The van der Waals surface area contributed by atoms with Gasteiger partial charge in [0.1, 0.15) is 0 Å². The van der Waals surface area contributed by atoms with Gasteiger partial charge in [-0.2, -0.15) is 18.5 Å². The zero-order chi connectivity index (χ0) is 15.2. The van der Waals surface area contributed by atoms with Gasteiger partial charge in [-0.3, -0.25) is 9.35 Å². The molecule has 0 spiro atoms. The lowest BCUT2D eigenvalue weighted by Crippen LogP contribution is -2.19. The molecule has 0 unspecified atom stereocenters. The van der Waals surface area contributed by atoms with E-state index < -0.39 is 10.1 Å². The second kappa shape index (κ2) is 4.64. The van der Waals surface area contributed by atoms with Crippen molar-refractivity contribution in [1.82, 2.24) is 0 Å². The number of hydrogen-bond acceptors (Lipinski definition) is 4. The van der Waals surface area contributed by atoms with Crippen LogP contribution in [-0.2, 0) is 14.9 Å². The van der Waals surface area contributed by atoms with Crippen LogP contribution in [0.25, 0.3) is 10.8 Å². The van der Waals surface area contributed by atoms with Crippen molar-refractivity contribution < 1.29 is 17.8 Å². The Kier molecular flexibility index (Phi) is 3.03. The molecule has 0 bridgehead atoms. The maximum Gasteiger partial charge on any atom is 0.294 e. The Morgan fingerprint density at radius 3 is 2.62 bits per heavy atom. The van der Waals surface area contributed by atoms with E-state index in [1.165, 1.54) is 17.1 Å². The van der Waals surface area contributed by atoms with E-state index in [-0.39, 0.29) is 17.2 Å². The number of nitrogens with zero attached hydrogens (tertiary/aromatic N) is 2. The first-order valence-electron chi connectivity index (χ1n) is 6.23. The zero-order valence-corrected chi connectivity index (χ0v) is 12.0. The zero-order valence-electron chi connectivity index (χ0n) is 11.1. The van der Waals surface area contributed by atoms with E-state index in [4.69, 9.17) is 4.55 Å². The summed E-state index contributed by atoms with van der Waals surface area (Å²) < 4.78 is 31.5. The van der Waals surface area contributed by atoms with Crippen molar-refractivity contribution in [3.8, 4) is 0 Å². The third-order valence-corrected chi connectivity index (χ3v) is 4.12. The molecule has 0 fully saturated rings. The lowest BCUT2D eigenvalue weighted by atomic mass is 10.1. The quantitative estimate of drug-likeness (QED) is 0.862. The van der Waals surface area contributed by atoms with Crippen molar-refractivity contribution in [2.45, 2.75) is 18.2 Å². The fourth-order valence-electron chi connectivity index (χ4n) is 2.33. The van der Waals surface area contributed by atoms with Gasteiger partial charge in [-0.05, 0) is 30.5 Å². The second-order valence-corrected chi connectivity index (χ2v) is 6.27. The topological polar surface area (TPSA) is 87.0 Å². The predicted octanol–water partition coefficient (Wildman–Crippen LogP) is 2.20. The fraction of sp³-hybridized carbons (Fsp3) is 0.143. The molecular formula is C14H12N2O4S. The van der Waals surface area contributed by atoms with Crippen LogP contribution in [0.4, 0.5) is 5.69 Å². The fourth-order valence-corrected chi connectivity index (χ4v) is 2.85. The molecule has 2 aromatic carbocycles. The highest BCUT2D eigenvalue weighted by Crippen LogP contribution is 2.31. The molecule has 0 aromatic heterocycles. The molecule has 1 heterocycles. The van der Waals surface area contributed by atoms with Gasteiger partial charge < -0.3 is 0 Å². The molecule has 0 atom stereocenters. The molecule has 1 aliphatic rings. The molecular weight excluding hydrogens is 292 g/mol. The molecule has 0 saturated heterocycles. The third kappa shape index (κ3) is 2.41. The van der Waals surface area contributed by atoms with E-state index in [0.29, 0.717) is 16.5 Å². The van der Waals surface area contributed by atoms with Gasteiger partial charge in [0.25, 0.3) is 16.0 Å². The molecule has 0 aliphatic carbocycles. The number of benzene rings is 2. The van der Waals surface area contributed by atoms with Crippen LogP contribution < -0.4 is 5.01 Å². The summed E-state index contributed by atoms with van der Waals surface area (Å²) >= 11 is 0. The predicted molar refractivity (Wildman–Crippen MR) is 79.0 cm³/mol. The number of hydrogen-bond donors (Lipinski definition) is 1. The molecule has 108 valence electrons. The number of amides is 1. The highest BCUT2D eigenvalue weighted by Gasteiger charge is 2.24. The Labute approximate surface area is 121 Å². The number of hydrazone groups is 1. The van der Waals surface area contributed by atoms with Crippen LogP contribution in [0.3, 0.4) is 0 Å². The van der Waals surface area contributed by atoms with Crippen LogP contribution in [0.2, 0.25) is 0 Å². The largest absolute Gasteiger partial charge is 0.294 e. The number of carbonyl (C=O) groups excluding carboxylic acids is 1. The van der Waals surface area contributed by atoms with Crippen molar-refractivity contribution in [2.75, 3.05) is 5.01 Å². The van der Waals surface area contributed by atoms with Crippen molar-refractivity contribution in [3.05, 3.63) is 36.4 Å². The molecule has 3 rings (SSSR count). The maximum absolute atomic E-state index is 11.9. The van der Waals surface area contributed by atoms with E-state index in [0.717, 1.165) is 5.71 Å². The SMILES string of the molecule is CC1=NN(c2cccc3cc(S(=O)(=O)O)ccc23)C(=O)C1. The summed E-state index contributed by atoms with van der Waals surface area (Å²) in [5.41, 5.74) is 1.32. The number of fused-ring (bicyclic) bond motifs is 1. The molecule has 1 amide bonds. The van der Waals surface area contributed by atoms with Crippen LogP contribution in [-0.4, -0.2) is 24.6 Å². The summed E-state index contributed by atoms with van der Waals surface area (Å²) in [6.07, 6.45) is 0.277. The first-order chi connectivity index (χ1) is 9.86. The third-order valence-electron chi connectivity index (χ3n) is 3.27. The molecule has 1 N–H and O–H groups in total. The van der Waals surface area contributed by atoms with Gasteiger partial charge in [0.05, 0.1) is 17.0 Å². The lowest BCUT2D eigenvalue weighted by Gasteiger charge is -2.14. The summed E-state index contributed by atoms with van der Waals surface area (Å²) in [6.45, 7) is 1.78. The lowest BCUT2D eigenvalue weighted by molar-refractivity contribution is -0.116. The maximum atomic E-state index is 11.9. The van der Waals surface area contributed by atoms with Gasteiger partial charge >= 0.3 is 0 Å². The van der Waals surface area contributed by atoms with E-state index in [9.17, 15) is 13.2 Å². The monoisotopic (exact) mass is 304 g/mol. The van der Waals surface area contributed by atoms with Crippen LogP contribution in [0.5, 0.6) is 0 Å². The summed E-state index contributed by atoms with van der Waals surface area (Å²) in [4.78, 5) is 11.7. The van der Waals surface area contributed by atoms with Gasteiger partial charge in [0, 0.05) is 11.1 Å². The van der Waals surface area contributed by atoms with Crippen LogP contribution in [0.1, 0.15) is 13.3 Å². The summed E-state index contributed by atoms with van der Waals surface area (Å²) in [7, 11) is -4.25. The molecule has 2 aromatic rings. The first-order valence-corrected chi connectivity index (χ1v) is 7.67. The average Bonchev–Trinajstić information content (AvgIpc) is 2.75. The first kappa shape index (κ1) is 13.7. The van der Waals surface area contributed by atoms with E-state index in [2.05, 4.69) is 5.10 Å². The van der Waals surface area contributed by atoms with Crippen LogP contribution in [0.15, 0.2) is 46.4 Å². The molecule has 0 radical (unpaired) electrons. The number of carbonyl (C=O) groups is 1. The summed E-state index contributed by atoms with van der Waals surface area (Å²) in [5, 5.41) is 6.82. The summed E-state index contributed by atoms with van der Waals surface area (Å²) in [6, 6.07) is 9.40. The Balaban J connectivity index is 2.20. The Morgan fingerprint density at radius 2 is 2.00 bits per heavy atom. The molecule has 21 heavy (non-hydrogen) atoms. The Bertz CT molecular complexity index is 887. The smallest absolute Gasteiger partial charge is 0.282 e. The minimum Gasteiger partial charge on any atom is -0.282 e. The minimum absolute atomic E-state index is 0.126. The van der Waals surface area contributed by atoms with Crippen LogP contribution >= 0.6 is 0 Å². The molecule has 1 aliphatic heterocycles. The Hall–Kier alpha value is -2.25. The molecule has 0 saturated carbocycles.